The first-order valence-electron chi connectivity index (χ1n) is 9.05. The number of esters is 1. The third-order valence-electron chi connectivity index (χ3n) is 3.11. The molecule has 0 aliphatic carbocycles. The van der Waals surface area contributed by atoms with E-state index in [0.29, 0.717) is 18.4 Å². The summed E-state index contributed by atoms with van der Waals surface area (Å²) < 4.78 is 29.7. The van der Waals surface area contributed by atoms with E-state index in [2.05, 4.69) is 0 Å². The monoisotopic (exact) mass is 424 g/mol. The largest absolute Gasteiger partial charge is 0.417 e. The molecule has 0 aliphatic heterocycles. The zero-order valence-electron chi connectivity index (χ0n) is 17.0. The van der Waals surface area contributed by atoms with Gasteiger partial charge in [0, 0.05) is 4.20 Å². The molecule has 0 N–H and O–H groups in total. The summed E-state index contributed by atoms with van der Waals surface area (Å²) in [5.74, 6) is -0.516. The minimum absolute atomic E-state index is 0.0144. The van der Waals surface area contributed by atoms with E-state index in [4.69, 9.17) is 26.0 Å². The number of thioether (sulfide) groups is 1. The van der Waals surface area contributed by atoms with Crippen molar-refractivity contribution in [3.05, 3.63) is 11.1 Å². The quantitative estimate of drug-likeness (QED) is 0.154. The van der Waals surface area contributed by atoms with Crippen LogP contribution in [0.1, 0.15) is 74.1 Å². The maximum atomic E-state index is 13.2. The van der Waals surface area contributed by atoms with E-state index in [1.165, 1.54) is 11.8 Å². The highest BCUT2D eigenvalue weighted by atomic mass is 32.2. The van der Waals surface area contributed by atoms with Crippen LogP contribution < -0.4 is 0 Å². The fourth-order valence-corrected chi connectivity index (χ4v) is 5.53. The number of hydrogen-bond donors (Lipinski definition) is 0. The van der Waals surface area contributed by atoms with Crippen LogP contribution in [-0.2, 0) is 23.1 Å². The molecule has 0 heterocycles. The SMILES string of the molecule is CCCOP(=O)(OCCC)C(OC(=O)C(C)(C)SC(=S)CCC)=C(C)C. The number of carbonyl (C=O) groups excluding carboxylic acids is 1. The van der Waals surface area contributed by atoms with Crippen molar-refractivity contribution in [1.29, 1.82) is 0 Å². The molecule has 0 saturated carbocycles. The number of allylic oxidation sites excluding steroid dienone is 1. The maximum absolute atomic E-state index is 13.2. The van der Waals surface area contributed by atoms with Crippen LogP contribution in [-0.4, -0.2) is 28.1 Å². The molecule has 5 nitrogen and oxygen atoms in total. The Labute approximate surface area is 168 Å². The summed E-state index contributed by atoms with van der Waals surface area (Å²) in [4.78, 5) is 12.7. The van der Waals surface area contributed by atoms with Crippen LogP contribution in [0.2, 0.25) is 0 Å². The fourth-order valence-electron chi connectivity index (χ4n) is 1.80. The molecule has 0 unspecified atom stereocenters. The predicted molar refractivity (Wildman–Crippen MR) is 114 cm³/mol. The highest BCUT2D eigenvalue weighted by Gasteiger charge is 2.39. The van der Waals surface area contributed by atoms with Gasteiger partial charge >= 0.3 is 13.6 Å². The zero-order valence-corrected chi connectivity index (χ0v) is 19.6. The summed E-state index contributed by atoms with van der Waals surface area (Å²) >= 11 is 6.61. The van der Waals surface area contributed by atoms with Gasteiger partial charge < -0.3 is 13.8 Å². The summed E-state index contributed by atoms with van der Waals surface area (Å²) in [6, 6.07) is 0. The molecule has 0 aliphatic rings. The van der Waals surface area contributed by atoms with Crippen LogP contribution in [0.25, 0.3) is 0 Å². The van der Waals surface area contributed by atoms with Crippen molar-refractivity contribution in [2.45, 2.75) is 78.9 Å². The Morgan fingerprint density at radius 2 is 1.54 bits per heavy atom. The minimum atomic E-state index is -3.69. The smallest absolute Gasteiger partial charge is 0.396 e. The number of carbonyl (C=O) groups is 1. The molecule has 0 amide bonds. The first-order valence-corrected chi connectivity index (χ1v) is 11.8. The lowest BCUT2D eigenvalue weighted by Gasteiger charge is -2.26. The Hall–Kier alpha value is -0.200. The lowest BCUT2D eigenvalue weighted by molar-refractivity contribution is -0.140. The molecule has 0 spiro atoms. The molecule has 0 atom stereocenters. The van der Waals surface area contributed by atoms with Crippen molar-refractivity contribution in [3.8, 4) is 0 Å². The summed E-state index contributed by atoms with van der Waals surface area (Å²) in [5.41, 5.74) is 0.574. The van der Waals surface area contributed by atoms with Gasteiger partial charge in [-0.25, -0.2) is 0 Å². The summed E-state index contributed by atoms with van der Waals surface area (Å²) in [7, 11) is -3.69. The van der Waals surface area contributed by atoms with Crippen LogP contribution in [0.4, 0.5) is 0 Å². The van der Waals surface area contributed by atoms with Crippen LogP contribution in [0.15, 0.2) is 11.1 Å². The molecule has 0 fully saturated rings. The second-order valence-electron chi connectivity index (χ2n) is 6.59. The summed E-state index contributed by atoms with van der Waals surface area (Å²) in [5, 5.41) is 0. The fraction of sp³-hybridized carbons (Fsp3) is 0.778. The van der Waals surface area contributed by atoms with E-state index >= 15 is 0 Å². The Morgan fingerprint density at radius 3 is 1.92 bits per heavy atom. The molecule has 0 saturated heterocycles. The normalized spacial score (nSPS) is 12.0. The molecule has 0 aromatic heterocycles. The first kappa shape index (κ1) is 25.8. The topological polar surface area (TPSA) is 61.8 Å². The maximum Gasteiger partial charge on any atom is 0.396 e. The molecular formula is C18H33O5PS2. The third kappa shape index (κ3) is 8.66. The molecule has 0 radical (unpaired) electrons. The molecular weight excluding hydrogens is 391 g/mol. The Balaban J connectivity index is 5.48. The summed E-state index contributed by atoms with van der Waals surface area (Å²) in [6.07, 6.45) is 3.03. The van der Waals surface area contributed by atoms with Crippen LogP contribution in [0.3, 0.4) is 0 Å². The van der Waals surface area contributed by atoms with Crippen LogP contribution in [0.5, 0.6) is 0 Å². The van der Waals surface area contributed by atoms with E-state index in [1.807, 2.05) is 20.8 Å². The van der Waals surface area contributed by atoms with Crippen molar-refractivity contribution < 1.29 is 23.1 Å². The van der Waals surface area contributed by atoms with Gasteiger partial charge in [0.05, 0.1) is 13.2 Å². The van der Waals surface area contributed by atoms with Gasteiger partial charge in [0.2, 0.25) is 5.50 Å². The van der Waals surface area contributed by atoms with Crippen molar-refractivity contribution in [1.82, 2.24) is 0 Å². The average molecular weight is 425 g/mol. The van der Waals surface area contributed by atoms with Crippen molar-refractivity contribution in [2.24, 2.45) is 0 Å². The Morgan fingerprint density at radius 1 is 1.04 bits per heavy atom. The second-order valence-corrected chi connectivity index (χ2v) is 11.0. The third-order valence-corrected chi connectivity index (χ3v) is 6.76. The molecule has 0 rings (SSSR count). The van der Waals surface area contributed by atoms with E-state index in [9.17, 15) is 9.36 Å². The summed E-state index contributed by atoms with van der Waals surface area (Å²) in [6.45, 7) is 13.3. The molecule has 8 heteroatoms. The number of rotatable bonds is 12. The Bertz CT molecular complexity index is 542. The second kappa shape index (κ2) is 12.3. The average Bonchev–Trinajstić information content (AvgIpc) is 2.55. The minimum Gasteiger partial charge on any atom is -0.417 e. The Kier molecular flexibility index (Phi) is 12.2. The predicted octanol–water partition coefficient (Wildman–Crippen LogP) is 6.47. The van der Waals surface area contributed by atoms with E-state index in [-0.39, 0.29) is 18.7 Å². The zero-order chi connectivity index (χ0) is 20.4. The lowest BCUT2D eigenvalue weighted by atomic mass is 10.2. The van der Waals surface area contributed by atoms with E-state index in [0.717, 1.165) is 17.0 Å². The number of ether oxygens (including phenoxy) is 1. The highest BCUT2D eigenvalue weighted by Crippen LogP contribution is 2.58. The van der Waals surface area contributed by atoms with Crippen molar-refractivity contribution in [2.75, 3.05) is 13.2 Å². The molecule has 0 bridgehead atoms. The van der Waals surface area contributed by atoms with E-state index in [1.54, 1.807) is 27.7 Å². The van der Waals surface area contributed by atoms with Crippen LogP contribution in [0, 0.1) is 0 Å². The van der Waals surface area contributed by atoms with Gasteiger partial charge in [-0.2, -0.15) is 0 Å². The van der Waals surface area contributed by atoms with Gasteiger partial charge in [-0.3, -0.25) is 9.36 Å². The molecule has 152 valence electrons. The van der Waals surface area contributed by atoms with Crippen molar-refractivity contribution in [3.63, 3.8) is 0 Å². The number of hydrogen-bond acceptors (Lipinski definition) is 7. The molecule has 0 aromatic carbocycles. The highest BCUT2D eigenvalue weighted by molar-refractivity contribution is 8.24. The molecule has 26 heavy (non-hydrogen) atoms. The van der Waals surface area contributed by atoms with E-state index < -0.39 is 18.3 Å². The van der Waals surface area contributed by atoms with Gasteiger partial charge in [0.25, 0.3) is 0 Å². The van der Waals surface area contributed by atoms with Crippen molar-refractivity contribution >= 4 is 41.7 Å². The van der Waals surface area contributed by atoms with Crippen LogP contribution >= 0.6 is 31.6 Å². The van der Waals surface area contributed by atoms with Gasteiger partial charge in [-0.05, 0) is 52.5 Å². The number of thiocarbonyl (C=S) groups is 1. The van der Waals surface area contributed by atoms with Gasteiger partial charge in [-0.1, -0.05) is 39.4 Å². The lowest BCUT2D eigenvalue weighted by Crippen LogP contribution is -2.31. The standard InChI is InChI=1S/C18H33O5PS2/c1-8-11-15(25)26-18(6,7)17(19)23-16(14(4)5)24(20,21-12-9-2)22-13-10-3/h8-13H2,1-7H3. The van der Waals surface area contributed by atoms with Gasteiger partial charge in [0.1, 0.15) is 4.75 Å². The molecule has 0 aromatic rings. The van der Waals surface area contributed by atoms with Gasteiger partial charge in [0.15, 0.2) is 0 Å². The van der Waals surface area contributed by atoms with Gasteiger partial charge in [-0.15, -0.1) is 11.8 Å². The first-order chi connectivity index (χ1) is 12.0.